The number of rotatable bonds is 5. The molecule has 2 rings (SSSR count). The van der Waals surface area contributed by atoms with Crippen LogP contribution in [0.3, 0.4) is 0 Å². The molecular weight excluding hydrogens is 260 g/mol. The van der Waals surface area contributed by atoms with E-state index in [1.807, 2.05) is 25.1 Å². The Morgan fingerprint density at radius 2 is 2.21 bits per heavy atom. The van der Waals surface area contributed by atoms with Crippen molar-refractivity contribution >= 4 is 29.1 Å². The summed E-state index contributed by atoms with van der Waals surface area (Å²) in [5.41, 5.74) is 1.98. The topological polar surface area (TPSA) is 49.8 Å². The maximum atomic E-state index is 5.98. The lowest BCUT2D eigenvalue weighted by atomic mass is 10.2. The zero-order valence-corrected chi connectivity index (χ0v) is 11.4. The zero-order chi connectivity index (χ0) is 13.7. The van der Waals surface area contributed by atoms with E-state index in [2.05, 4.69) is 27.2 Å². The molecule has 0 fully saturated rings. The molecule has 1 heterocycles. The van der Waals surface area contributed by atoms with Crippen molar-refractivity contribution in [1.82, 2.24) is 9.97 Å². The van der Waals surface area contributed by atoms with E-state index in [9.17, 15) is 0 Å². The first kappa shape index (κ1) is 13.4. The van der Waals surface area contributed by atoms with Crippen LogP contribution in [0.1, 0.15) is 5.56 Å². The van der Waals surface area contributed by atoms with Crippen LogP contribution in [0.5, 0.6) is 0 Å². The molecule has 98 valence electrons. The summed E-state index contributed by atoms with van der Waals surface area (Å²) in [6.07, 6.45) is 3.47. The second-order valence-electron chi connectivity index (χ2n) is 4.02. The van der Waals surface area contributed by atoms with E-state index in [1.54, 1.807) is 18.3 Å². The van der Waals surface area contributed by atoms with Gasteiger partial charge in [-0.3, -0.25) is 0 Å². The van der Waals surface area contributed by atoms with Gasteiger partial charge in [0, 0.05) is 23.5 Å². The number of hydrogen-bond donors (Lipinski definition) is 2. The molecule has 0 aliphatic rings. The molecule has 0 bridgehead atoms. The number of halogens is 1. The quantitative estimate of drug-likeness (QED) is 0.815. The fourth-order valence-electron chi connectivity index (χ4n) is 1.54. The predicted molar refractivity (Wildman–Crippen MR) is 80.2 cm³/mol. The normalized spacial score (nSPS) is 10.0. The van der Waals surface area contributed by atoms with Crippen molar-refractivity contribution in [3.63, 3.8) is 0 Å². The lowest BCUT2D eigenvalue weighted by Gasteiger charge is -2.09. The molecule has 0 aliphatic heterocycles. The van der Waals surface area contributed by atoms with Crippen LogP contribution < -0.4 is 10.6 Å². The molecule has 0 unspecified atom stereocenters. The van der Waals surface area contributed by atoms with Crippen LogP contribution in [-0.4, -0.2) is 16.5 Å². The SMILES string of the molecule is C=CCNc1ccnc(Nc2cc(Cl)ccc2C)n1. The number of aryl methyl sites for hydroxylation is 1. The first-order valence-electron chi connectivity index (χ1n) is 5.90. The first-order valence-corrected chi connectivity index (χ1v) is 6.28. The van der Waals surface area contributed by atoms with Crippen molar-refractivity contribution in [2.24, 2.45) is 0 Å². The monoisotopic (exact) mass is 274 g/mol. The second kappa shape index (κ2) is 6.20. The van der Waals surface area contributed by atoms with Gasteiger partial charge in [-0.05, 0) is 30.7 Å². The Bertz CT molecular complexity index is 583. The molecule has 0 saturated heterocycles. The van der Waals surface area contributed by atoms with E-state index in [0.29, 0.717) is 17.5 Å². The van der Waals surface area contributed by atoms with Crippen molar-refractivity contribution in [2.75, 3.05) is 17.2 Å². The van der Waals surface area contributed by atoms with Gasteiger partial charge in [-0.15, -0.1) is 6.58 Å². The van der Waals surface area contributed by atoms with Crippen LogP contribution in [0.15, 0.2) is 43.1 Å². The second-order valence-corrected chi connectivity index (χ2v) is 4.46. The van der Waals surface area contributed by atoms with Crippen LogP contribution in [0.25, 0.3) is 0 Å². The summed E-state index contributed by atoms with van der Waals surface area (Å²) in [5, 5.41) is 6.94. The smallest absolute Gasteiger partial charge is 0.229 e. The molecule has 0 radical (unpaired) electrons. The van der Waals surface area contributed by atoms with Gasteiger partial charge in [0.25, 0.3) is 0 Å². The number of nitrogens with one attached hydrogen (secondary N) is 2. The zero-order valence-electron chi connectivity index (χ0n) is 10.7. The Morgan fingerprint density at radius 3 is 3.00 bits per heavy atom. The summed E-state index contributed by atoms with van der Waals surface area (Å²) in [6.45, 7) is 6.31. The summed E-state index contributed by atoms with van der Waals surface area (Å²) in [4.78, 5) is 8.53. The Hall–Kier alpha value is -2.07. The van der Waals surface area contributed by atoms with Crippen molar-refractivity contribution in [2.45, 2.75) is 6.92 Å². The third kappa shape index (κ3) is 3.69. The van der Waals surface area contributed by atoms with E-state index < -0.39 is 0 Å². The number of hydrogen-bond acceptors (Lipinski definition) is 4. The molecule has 1 aromatic heterocycles. The number of anilines is 3. The summed E-state index contributed by atoms with van der Waals surface area (Å²) in [6, 6.07) is 7.46. The average Bonchev–Trinajstić information content (AvgIpc) is 2.41. The average molecular weight is 275 g/mol. The molecule has 19 heavy (non-hydrogen) atoms. The maximum Gasteiger partial charge on any atom is 0.229 e. The standard InChI is InChI=1S/C14H15ClN4/c1-3-7-16-13-6-8-17-14(19-13)18-12-9-11(15)5-4-10(12)2/h3-6,8-9H,1,7H2,2H3,(H2,16,17,18,19). The number of aromatic nitrogens is 2. The van der Waals surface area contributed by atoms with E-state index in [0.717, 1.165) is 17.1 Å². The fourth-order valence-corrected chi connectivity index (χ4v) is 1.72. The summed E-state index contributed by atoms with van der Waals surface area (Å²) in [7, 11) is 0. The van der Waals surface area contributed by atoms with Crippen LogP contribution in [0.2, 0.25) is 5.02 Å². The van der Waals surface area contributed by atoms with Crippen molar-refractivity contribution in [3.8, 4) is 0 Å². The lowest BCUT2D eigenvalue weighted by Crippen LogP contribution is -2.04. The largest absolute Gasteiger partial charge is 0.366 e. The third-order valence-corrected chi connectivity index (χ3v) is 2.76. The van der Waals surface area contributed by atoms with Crippen molar-refractivity contribution in [3.05, 3.63) is 53.7 Å². The molecule has 0 saturated carbocycles. The van der Waals surface area contributed by atoms with E-state index in [1.165, 1.54) is 0 Å². The molecule has 1 aromatic carbocycles. The van der Waals surface area contributed by atoms with Crippen molar-refractivity contribution < 1.29 is 0 Å². The Morgan fingerprint density at radius 1 is 1.37 bits per heavy atom. The van der Waals surface area contributed by atoms with Crippen molar-refractivity contribution in [1.29, 1.82) is 0 Å². The van der Waals surface area contributed by atoms with Crippen LogP contribution >= 0.6 is 11.6 Å². The molecule has 4 nitrogen and oxygen atoms in total. The minimum absolute atomic E-state index is 0.527. The summed E-state index contributed by atoms with van der Waals surface area (Å²) < 4.78 is 0. The minimum Gasteiger partial charge on any atom is -0.366 e. The van der Waals surface area contributed by atoms with E-state index in [4.69, 9.17) is 11.6 Å². The number of benzene rings is 1. The highest BCUT2D eigenvalue weighted by Gasteiger charge is 2.03. The van der Waals surface area contributed by atoms with Gasteiger partial charge in [-0.2, -0.15) is 4.98 Å². The Kier molecular flexibility index (Phi) is 4.36. The molecule has 0 amide bonds. The predicted octanol–water partition coefficient (Wildman–Crippen LogP) is 3.78. The first-order chi connectivity index (χ1) is 9.19. The highest BCUT2D eigenvalue weighted by molar-refractivity contribution is 6.30. The van der Waals surface area contributed by atoms with E-state index >= 15 is 0 Å². The van der Waals surface area contributed by atoms with Crippen LogP contribution in [0, 0.1) is 6.92 Å². The van der Waals surface area contributed by atoms with Gasteiger partial charge >= 0.3 is 0 Å². The fraction of sp³-hybridized carbons (Fsp3) is 0.143. The maximum absolute atomic E-state index is 5.98. The molecular formula is C14H15ClN4. The highest BCUT2D eigenvalue weighted by atomic mass is 35.5. The van der Waals surface area contributed by atoms with Gasteiger partial charge < -0.3 is 10.6 Å². The van der Waals surface area contributed by atoms with E-state index in [-0.39, 0.29) is 0 Å². The Labute approximate surface area is 117 Å². The van der Waals surface area contributed by atoms with Gasteiger partial charge in [0.2, 0.25) is 5.95 Å². The molecule has 0 aliphatic carbocycles. The Balaban J connectivity index is 2.18. The molecule has 2 N–H and O–H groups in total. The molecule has 0 spiro atoms. The van der Waals surface area contributed by atoms with Gasteiger partial charge in [0.1, 0.15) is 5.82 Å². The molecule has 0 atom stereocenters. The van der Waals surface area contributed by atoms with Gasteiger partial charge in [0.15, 0.2) is 0 Å². The lowest BCUT2D eigenvalue weighted by molar-refractivity contribution is 1.14. The van der Waals surface area contributed by atoms with Crippen LogP contribution in [0.4, 0.5) is 17.5 Å². The number of nitrogens with zero attached hydrogens (tertiary/aromatic N) is 2. The third-order valence-electron chi connectivity index (χ3n) is 2.53. The molecule has 2 aromatic rings. The summed E-state index contributed by atoms with van der Waals surface area (Å²) in [5.74, 6) is 1.27. The highest BCUT2D eigenvalue weighted by Crippen LogP contribution is 2.22. The van der Waals surface area contributed by atoms with Gasteiger partial charge in [-0.1, -0.05) is 23.7 Å². The molecule has 5 heteroatoms. The van der Waals surface area contributed by atoms with Gasteiger partial charge in [0.05, 0.1) is 0 Å². The minimum atomic E-state index is 0.527. The van der Waals surface area contributed by atoms with Crippen LogP contribution in [-0.2, 0) is 0 Å². The van der Waals surface area contributed by atoms with Gasteiger partial charge in [-0.25, -0.2) is 4.98 Å². The summed E-state index contributed by atoms with van der Waals surface area (Å²) >= 11 is 5.98.